The number of amides is 1. The molecule has 0 saturated heterocycles. The minimum Gasteiger partial charge on any atom is -0.398 e. The molecule has 1 amide bonds. The van der Waals surface area contributed by atoms with Gasteiger partial charge in [0.05, 0.1) is 10.7 Å². The molecule has 0 bridgehead atoms. The number of benzene rings is 1. The molecule has 8 heteroatoms. The van der Waals surface area contributed by atoms with Crippen molar-refractivity contribution in [1.29, 1.82) is 0 Å². The molecule has 0 unspecified atom stereocenters. The van der Waals surface area contributed by atoms with Gasteiger partial charge in [-0.25, -0.2) is 8.78 Å². The Bertz CT molecular complexity index is 738. The van der Waals surface area contributed by atoms with Crippen LogP contribution >= 0.6 is 11.6 Å². The number of halogens is 3. The Labute approximate surface area is 122 Å². The smallest absolute Gasteiger partial charge is 0.251 e. The Morgan fingerprint density at radius 3 is 2.71 bits per heavy atom. The highest BCUT2D eigenvalue weighted by atomic mass is 35.5. The molecular weight excluding hydrogens is 304 g/mol. The average Bonchev–Trinajstić information content (AvgIpc) is 2.38. The van der Waals surface area contributed by atoms with E-state index in [1.807, 2.05) is 0 Å². The fraction of sp³-hybridized carbons (Fsp3) is 0.0769. The van der Waals surface area contributed by atoms with E-state index in [1.54, 1.807) is 0 Å². The number of aromatic nitrogens is 1. The first kappa shape index (κ1) is 15.0. The fourth-order valence-corrected chi connectivity index (χ4v) is 1.91. The van der Waals surface area contributed by atoms with Crippen molar-refractivity contribution in [3.8, 4) is 0 Å². The molecule has 0 radical (unpaired) electrons. The minimum absolute atomic E-state index is 0.277. The first-order valence-electron chi connectivity index (χ1n) is 5.77. The first-order chi connectivity index (χ1) is 9.86. The zero-order valence-corrected chi connectivity index (χ0v) is 11.3. The maximum absolute atomic E-state index is 13.5. The quantitative estimate of drug-likeness (QED) is 0.910. The molecular formula is C13H10ClF2N3O2. The van der Waals surface area contributed by atoms with Gasteiger partial charge in [-0.2, -0.15) is 0 Å². The van der Waals surface area contributed by atoms with Gasteiger partial charge in [-0.3, -0.25) is 9.59 Å². The van der Waals surface area contributed by atoms with Crippen LogP contribution in [0.4, 0.5) is 20.2 Å². The Morgan fingerprint density at radius 1 is 1.33 bits per heavy atom. The summed E-state index contributed by atoms with van der Waals surface area (Å²) in [7, 11) is 0. The van der Waals surface area contributed by atoms with Crippen molar-refractivity contribution in [2.75, 3.05) is 11.1 Å². The lowest BCUT2D eigenvalue weighted by Gasteiger charge is -2.10. The van der Waals surface area contributed by atoms with Crippen LogP contribution in [-0.2, 0) is 11.3 Å². The number of carbonyl (C=O) groups is 1. The molecule has 0 aliphatic heterocycles. The van der Waals surface area contributed by atoms with Gasteiger partial charge in [-0.1, -0.05) is 11.6 Å². The third-order valence-electron chi connectivity index (χ3n) is 2.59. The molecule has 0 fully saturated rings. The van der Waals surface area contributed by atoms with Crippen LogP contribution in [0.2, 0.25) is 5.02 Å². The fourth-order valence-electron chi connectivity index (χ4n) is 1.67. The summed E-state index contributed by atoms with van der Waals surface area (Å²) < 4.78 is 27.5. The van der Waals surface area contributed by atoms with Gasteiger partial charge in [0.2, 0.25) is 5.91 Å². The second-order valence-corrected chi connectivity index (χ2v) is 4.63. The zero-order valence-electron chi connectivity index (χ0n) is 10.6. The van der Waals surface area contributed by atoms with Crippen LogP contribution < -0.4 is 16.6 Å². The van der Waals surface area contributed by atoms with E-state index in [1.165, 1.54) is 18.3 Å². The van der Waals surface area contributed by atoms with Gasteiger partial charge < -0.3 is 15.6 Å². The van der Waals surface area contributed by atoms with Crippen molar-refractivity contribution in [3.63, 3.8) is 0 Å². The summed E-state index contributed by atoms with van der Waals surface area (Å²) in [6, 6.07) is 4.06. The molecule has 2 aromatic rings. The summed E-state index contributed by atoms with van der Waals surface area (Å²) >= 11 is 5.66. The number of hydrogen-bond donors (Lipinski definition) is 2. The summed E-state index contributed by atoms with van der Waals surface area (Å²) in [6.45, 7) is -0.378. The van der Waals surface area contributed by atoms with Crippen LogP contribution in [0.25, 0.3) is 0 Å². The molecule has 21 heavy (non-hydrogen) atoms. The lowest BCUT2D eigenvalue weighted by molar-refractivity contribution is -0.116. The molecule has 2 rings (SSSR count). The number of rotatable bonds is 3. The maximum Gasteiger partial charge on any atom is 0.251 e. The first-order valence-corrected chi connectivity index (χ1v) is 6.15. The molecule has 5 nitrogen and oxygen atoms in total. The number of anilines is 2. The van der Waals surface area contributed by atoms with Gasteiger partial charge in [-0.15, -0.1) is 0 Å². The summed E-state index contributed by atoms with van der Waals surface area (Å²) in [5.74, 6) is -2.56. The van der Waals surface area contributed by atoms with Gasteiger partial charge in [0.25, 0.3) is 5.56 Å². The highest BCUT2D eigenvalue weighted by molar-refractivity contribution is 6.33. The predicted octanol–water partition coefficient (Wildman–Crippen LogP) is 2.00. The Balaban J connectivity index is 2.19. The van der Waals surface area contributed by atoms with Crippen molar-refractivity contribution in [1.82, 2.24) is 4.57 Å². The second-order valence-electron chi connectivity index (χ2n) is 4.22. The monoisotopic (exact) mass is 313 g/mol. The molecule has 0 atom stereocenters. The highest BCUT2D eigenvalue weighted by Crippen LogP contribution is 2.26. The van der Waals surface area contributed by atoms with Gasteiger partial charge in [0.15, 0.2) is 5.82 Å². The number of nitrogens with zero attached hydrogens (tertiary/aromatic N) is 1. The van der Waals surface area contributed by atoms with Crippen LogP contribution in [0, 0.1) is 11.6 Å². The van der Waals surface area contributed by atoms with Crippen molar-refractivity contribution < 1.29 is 13.6 Å². The van der Waals surface area contributed by atoms with Crippen LogP contribution in [0.15, 0.2) is 35.3 Å². The van der Waals surface area contributed by atoms with Gasteiger partial charge in [0.1, 0.15) is 12.4 Å². The lowest BCUT2D eigenvalue weighted by atomic mass is 10.3. The number of nitrogens with two attached hydrogens (primary N) is 1. The largest absolute Gasteiger partial charge is 0.398 e. The number of carbonyl (C=O) groups excluding carboxylic acids is 1. The van der Waals surface area contributed by atoms with Crippen molar-refractivity contribution in [2.24, 2.45) is 0 Å². The molecule has 3 N–H and O–H groups in total. The SMILES string of the molecule is Nc1ccc(=O)n(CC(=O)Nc2c(F)cc(F)cc2Cl)c1. The van der Waals surface area contributed by atoms with E-state index in [0.29, 0.717) is 11.8 Å². The molecule has 1 heterocycles. The van der Waals surface area contributed by atoms with E-state index in [2.05, 4.69) is 5.32 Å². The number of nitrogen functional groups attached to an aromatic ring is 1. The van der Waals surface area contributed by atoms with E-state index in [4.69, 9.17) is 17.3 Å². The van der Waals surface area contributed by atoms with E-state index in [0.717, 1.165) is 10.6 Å². The van der Waals surface area contributed by atoms with Crippen LogP contribution in [0.5, 0.6) is 0 Å². The lowest BCUT2D eigenvalue weighted by Crippen LogP contribution is -2.27. The van der Waals surface area contributed by atoms with E-state index in [9.17, 15) is 18.4 Å². The highest BCUT2D eigenvalue weighted by Gasteiger charge is 2.13. The second kappa shape index (κ2) is 5.92. The third-order valence-corrected chi connectivity index (χ3v) is 2.89. The average molecular weight is 314 g/mol. The van der Waals surface area contributed by atoms with Crippen LogP contribution in [0.1, 0.15) is 0 Å². The van der Waals surface area contributed by atoms with Gasteiger partial charge in [0, 0.05) is 24.0 Å². The van der Waals surface area contributed by atoms with Crippen molar-refractivity contribution in [2.45, 2.75) is 6.54 Å². The molecule has 110 valence electrons. The maximum atomic E-state index is 13.5. The van der Waals surface area contributed by atoms with Crippen molar-refractivity contribution in [3.05, 3.63) is 57.5 Å². The molecule has 0 spiro atoms. The van der Waals surface area contributed by atoms with Crippen LogP contribution in [0.3, 0.4) is 0 Å². The number of pyridine rings is 1. The normalized spacial score (nSPS) is 10.4. The third kappa shape index (κ3) is 3.57. The topological polar surface area (TPSA) is 77.1 Å². The summed E-state index contributed by atoms with van der Waals surface area (Å²) in [6.07, 6.45) is 1.28. The molecule has 1 aromatic heterocycles. The zero-order chi connectivity index (χ0) is 15.6. The minimum atomic E-state index is -1.01. The summed E-state index contributed by atoms with van der Waals surface area (Å²) in [4.78, 5) is 23.3. The summed E-state index contributed by atoms with van der Waals surface area (Å²) in [5.41, 5.74) is 5.02. The molecule has 1 aromatic carbocycles. The Kier molecular flexibility index (Phi) is 4.23. The standard InChI is InChI=1S/C13H10ClF2N3O2/c14-9-3-7(15)4-10(16)13(9)18-11(20)6-19-5-8(17)1-2-12(19)21/h1-5H,6,17H2,(H,18,20). The molecule has 0 aliphatic rings. The summed E-state index contributed by atoms with van der Waals surface area (Å²) in [5, 5.41) is 1.91. The van der Waals surface area contributed by atoms with E-state index in [-0.39, 0.29) is 17.3 Å². The molecule has 0 aliphatic carbocycles. The molecule has 0 saturated carbocycles. The van der Waals surface area contributed by atoms with Gasteiger partial charge >= 0.3 is 0 Å². The Morgan fingerprint density at radius 2 is 2.05 bits per heavy atom. The Hall–Kier alpha value is -2.41. The van der Waals surface area contributed by atoms with E-state index < -0.39 is 23.1 Å². The predicted molar refractivity (Wildman–Crippen MR) is 75.1 cm³/mol. The van der Waals surface area contributed by atoms with Crippen molar-refractivity contribution >= 4 is 28.9 Å². The van der Waals surface area contributed by atoms with E-state index >= 15 is 0 Å². The van der Waals surface area contributed by atoms with Gasteiger partial charge in [-0.05, 0) is 12.1 Å². The van der Waals surface area contributed by atoms with Crippen LogP contribution in [-0.4, -0.2) is 10.5 Å². The number of hydrogen-bond acceptors (Lipinski definition) is 3. The number of nitrogens with one attached hydrogen (secondary N) is 1.